The molecule has 7 heteroatoms. The maximum absolute atomic E-state index is 12.3. The van der Waals surface area contributed by atoms with Crippen LogP contribution in [-0.2, 0) is 17.6 Å². The predicted octanol–water partition coefficient (Wildman–Crippen LogP) is 0.378. The lowest BCUT2D eigenvalue weighted by molar-refractivity contribution is -0.129. The number of amides is 1. The molecule has 3 heterocycles. The summed E-state index contributed by atoms with van der Waals surface area (Å²) in [4.78, 5) is 18.2. The van der Waals surface area contributed by atoms with Gasteiger partial charge in [-0.3, -0.25) is 9.78 Å². The minimum Gasteiger partial charge on any atom is -0.391 e. The third kappa shape index (κ3) is 3.14. The van der Waals surface area contributed by atoms with Crippen molar-refractivity contribution in [2.24, 2.45) is 5.92 Å². The van der Waals surface area contributed by atoms with Crippen LogP contribution in [0.4, 0.5) is 0 Å². The second-order valence-electron chi connectivity index (χ2n) is 5.62. The molecule has 0 aromatic carbocycles. The lowest BCUT2D eigenvalue weighted by Gasteiger charge is -2.15. The standard InChI is InChI=1S/C15H18N4O3/c1-10-13(18-22-17-10)7-15(21)19-8-11(14(20)9-19)6-12-4-2-3-5-16-12/h2-5,11,14,20H,6-9H2,1H3/t11-,14-/m1/s1. The number of pyridine rings is 1. The van der Waals surface area contributed by atoms with Crippen molar-refractivity contribution < 1.29 is 14.5 Å². The van der Waals surface area contributed by atoms with Gasteiger partial charge in [0.2, 0.25) is 5.91 Å². The Balaban J connectivity index is 1.60. The van der Waals surface area contributed by atoms with E-state index in [9.17, 15) is 9.90 Å². The smallest absolute Gasteiger partial charge is 0.228 e. The largest absolute Gasteiger partial charge is 0.391 e. The Morgan fingerprint density at radius 1 is 1.41 bits per heavy atom. The van der Waals surface area contributed by atoms with Gasteiger partial charge in [0.15, 0.2) is 0 Å². The molecule has 0 bridgehead atoms. The van der Waals surface area contributed by atoms with Gasteiger partial charge in [0.25, 0.3) is 0 Å². The average Bonchev–Trinajstić information content (AvgIpc) is 3.07. The van der Waals surface area contributed by atoms with Gasteiger partial charge in [-0.2, -0.15) is 0 Å². The maximum Gasteiger partial charge on any atom is 0.228 e. The molecule has 1 amide bonds. The third-order valence-corrected chi connectivity index (χ3v) is 4.02. The molecule has 2 aromatic heterocycles. The van der Waals surface area contributed by atoms with Crippen molar-refractivity contribution in [2.75, 3.05) is 13.1 Å². The van der Waals surface area contributed by atoms with Gasteiger partial charge in [0.1, 0.15) is 11.4 Å². The molecule has 2 atom stereocenters. The fraction of sp³-hybridized carbons (Fsp3) is 0.467. The van der Waals surface area contributed by atoms with Crippen molar-refractivity contribution in [1.29, 1.82) is 0 Å². The van der Waals surface area contributed by atoms with Crippen LogP contribution in [0.15, 0.2) is 29.0 Å². The third-order valence-electron chi connectivity index (χ3n) is 4.02. The first-order valence-electron chi connectivity index (χ1n) is 7.27. The lowest BCUT2D eigenvalue weighted by atomic mass is 10.00. The zero-order valence-electron chi connectivity index (χ0n) is 12.3. The number of hydrogen-bond donors (Lipinski definition) is 1. The summed E-state index contributed by atoms with van der Waals surface area (Å²) in [5.74, 6) is -0.0586. The highest BCUT2D eigenvalue weighted by Gasteiger charge is 2.34. The number of aromatic nitrogens is 3. The van der Waals surface area contributed by atoms with E-state index < -0.39 is 6.10 Å². The van der Waals surface area contributed by atoms with Crippen LogP contribution in [0, 0.1) is 12.8 Å². The molecule has 1 N–H and O–H groups in total. The number of nitrogens with zero attached hydrogens (tertiary/aromatic N) is 4. The molecule has 0 saturated carbocycles. The van der Waals surface area contributed by atoms with Crippen LogP contribution >= 0.6 is 0 Å². The van der Waals surface area contributed by atoms with Crippen molar-refractivity contribution in [3.8, 4) is 0 Å². The molecule has 1 saturated heterocycles. The molecule has 0 aliphatic carbocycles. The summed E-state index contributed by atoms with van der Waals surface area (Å²) >= 11 is 0. The summed E-state index contributed by atoms with van der Waals surface area (Å²) in [6.45, 7) is 2.63. The van der Waals surface area contributed by atoms with Crippen molar-refractivity contribution in [1.82, 2.24) is 20.2 Å². The van der Waals surface area contributed by atoms with E-state index in [0.717, 1.165) is 5.69 Å². The number of hydrogen-bond acceptors (Lipinski definition) is 6. The highest BCUT2D eigenvalue weighted by atomic mass is 16.6. The van der Waals surface area contributed by atoms with Gasteiger partial charge in [-0.05, 0) is 25.5 Å². The highest BCUT2D eigenvalue weighted by Crippen LogP contribution is 2.21. The van der Waals surface area contributed by atoms with Gasteiger partial charge in [-0.1, -0.05) is 16.4 Å². The second-order valence-corrected chi connectivity index (χ2v) is 5.62. The molecule has 1 fully saturated rings. The van der Waals surface area contributed by atoms with Crippen LogP contribution in [0.3, 0.4) is 0 Å². The van der Waals surface area contributed by atoms with Gasteiger partial charge < -0.3 is 10.0 Å². The molecular formula is C15H18N4O3. The maximum atomic E-state index is 12.3. The minimum absolute atomic E-state index is 0.00961. The quantitative estimate of drug-likeness (QED) is 0.877. The summed E-state index contributed by atoms with van der Waals surface area (Å²) in [5.41, 5.74) is 2.10. The van der Waals surface area contributed by atoms with E-state index in [2.05, 4.69) is 19.9 Å². The van der Waals surface area contributed by atoms with E-state index in [0.29, 0.717) is 30.9 Å². The molecule has 116 valence electrons. The van der Waals surface area contributed by atoms with Crippen molar-refractivity contribution in [3.05, 3.63) is 41.5 Å². The first-order chi connectivity index (χ1) is 10.6. The number of carbonyl (C=O) groups is 1. The predicted molar refractivity (Wildman–Crippen MR) is 76.8 cm³/mol. The molecule has 0 spiro atoms. The Kier molecular flexibility index (Phi) is 4.15. The zero-order chi connectivity index (χ0) is 15.5. The average molecular weight is 302 g/mol. The topological polar surface area (TPSA) is 92.4 Å². The van der Waals surface area contributed by atoms with E-state index in [1.165, 1.54) is 0 Å². The molecule has 3 rings (SSSR count). The monoisotopic (exact) mass is 302 g/mol. The van der Waals surface area contributed by atoms with Crippen LogP contribution in [0.1, 0.15) is 17.1 Å². The second kappa shape index (κ2) is 6.23. The summed E-state index contributed by atoms with van der Waals surface area (Å²) in [6, 6.07) is 5.72. The van der Waals surface area contributed by atoms with E-state index in [1.807, 2.05) is 18.2 Å². The van der Waals surface area contributed by atoms with Crippen LogP contribution in [-0.4, -0.2) is 50.4 Å². The Morgan fingerprint density at radius 2 is 2.27 bits per heavy atom. The number of rotatable bonds is 4. The van der Waals surface area contributed by atoms with Gasteiger partial charge in [-0.15, -0.1) is 0 Å². The lowest BCUT2D eigenvalue weighted by Crippen LogP contribution is -2.31. The van der Waals surface area contributed by atoms with Gasteiger partial charge >= 0.3 is 0 Å². The van der Waals surface area contributed by atoms with Gasteiger partial charge in [0.05, 0.1) is 12.5 Å². The van der Waals surface area contributed by atoms with Gasteiger partial charge in [0, 0.05) is 30.9 Å². The molecule has 0 radical (unpaired) electrons. The van der Waals surface area contributed by atoms with E-state index >= 15 is 0 Å². The van der Waals surface area contributed by atoms with Crippen molar-refractivity contribution in [3.63, 3.8) is 0 Å². The number of aliphatic hydroxyl groups is 1. The summed E-state index contributed by atoms with van der Waals surface area (Å²) in [6.07, 6.45) is 2.02. The number of aryl methyl sites for hydroxylation is 1. The molecule has 2 aromatic rings. The number of likely N-dealkylation sites (tertiary alicyclic amines) is 1. The van der Waals surface area contributed by atoms with Crippen LogP contribution in [0.2, 0.25) is 0 Å². The zero-order valence-corrected chi connectivity index (χ0v) is 12.3. The summed E-state index contributed by atoms with van der Waals surface area (Å²) in [7, 11) is 0. The number of carbonyl (C=O) groups excluding carboxylic acids is 1. The minimum atomic E-state index is -0.525. The first kappa shape index (κ1) is 14.6. The molecule has 22 heavy (non-hydrogen) atoms. The van der Waals surface area contributed by atoms with Crippen LogP contribution in [0.5, 0.6) is 0 Å². The van der Waals surface area contributed by atoms with Crippen molar-refractivity contribution >= 4 is 5.91 Å². The first-order valence-corrected chi connectivity index (χ1v) is 7.27. The Bertz CT molecular complexity index is 643. The van der Waals surface area contributed by atoms with E-state index in [4.69, 9.17) is 0 Å². The van der Waals surface area contributed by atoms with Crippen LogP contribution in [0.25, 0.3) is 0 Å². The van der Waals surface area contributed by atoms with Crippen LogP contribution < -0.4 is 0 Å². The van der Waals surface area contributed by atoms with E-state index in [1.54, 1.807) is 18.0 Å². The van der Waals surface area contributed by atoms with E-state index in [-0.39, 0.29) is 18.2 Å². The molecule has 0 unspecified atom stereocenters. The molecular weight excluding hydrogens is 284 g/mol. The Labute approximate surface area is 127 Å². The fourth-order valence-electron chi connectivity index (χ4n) is 2.71. The van der Waals surface area contributed by atoms with Crippen molar-refractivity contribution in [2.45, 2.75) is 25.9 Å². The highest BCUT2D eigenvalue weighted by molar-refractivity contribution is 5.78. The summed E-state index contributed by atoms with van der Waals surface area (Å²) in [5, 5.41) is 17.6. The summed E-state index contributed by atoms with van der Waals surface area (Å²) < 4.78 is 4.60. The Morgan fingerprint density at radius 3 is 2.95 bits per heavy atom. The molecule has 7 nitrogen and oxygen atoms in total. The molecule has 1 aliphatic heterocycles. The normalized spacial score (nSPS) is 21.3. The Hall–Kier alpha value is -2.28. The fourth-order valence-corrected chi connectivity index (χ4v) is 2.71. The number of β-amino-alcohol motifs (C(OH)–C–C–N with tert-alkyl or cyclic N) is 1. The molecule has 1 aliphatic rings. The SMILES string of the molecule is Cc1nonc1CC(=O)N1C[C@@H](Cc2ccccn2)[C@H](O)C1. The number of aliphatic hydroxyl groups excluding tert-OH is 1. The van der Waals surface area contributed by atoms with Gasteiger partial charge in [-0.25, -0.2) is 4.63 Å².